The molecule has 2 rings (SSSR count). The Bertz CT molecular complexity index is 439. The third-order valence-corrected chi connectivity index (χ3v) is 4.58. The van der Waals surface area contributed by atoms with Gasteiger partial charge in [-0.05, 0) is 50.9 Å². The van der Waals surface area contributed by atoms with Crippen molar-refractivity contribution >= 4 is 0 Å². The predicted octanol–water partition coefficient (Wildman–Crippen LogP) is 3.55. The lowest BCUT2D eigenvalue weighted by molar-refractivity contribution is 0.0862. The topological polar surface area (TPSA) is 32.7 Å². The number of piperidine rings is 1. The number of β-amino-alcohol motifs (C(OH)–C–C–N with tert-alkyl or cyclic N) is 1. The van der Waals surface area contributed by atoms with Crippen LogP contribution in [-0.2, 0) is 0 Å². The Labute approximate surface area is 128 Å². The summed E-state index contributed by atoms with van der Waals surface area (Å²) >= 11 is 0. The molecule has 3 heteroatoms. The molecule has 1 aliphatic heterocycles. The normalized spacial score (nSPS) is 18.7. The molecule has 0 bridgehead atoms. The van der Waals surface area contributed by atoms with Crippen LogP contribution in [0.2, 0.25) is 0 Å². The summed E-state index contributed by atoms with van der Waals surface area (Å²) in [5.74, 6) is 1.67. The first kappa shape index (κ1) is 16.3. The van der Waals surface area contributed by atoms with Gasteiger partial charge >= 0.3 is 0 Å². The Balaban J connectivity index is 1.93. The molecular weight excluding hydrogens is 262 g/mol. The average molecular weight is 291 g/mol. The summed E-state index contributed by atoms with van der Waals surface area (Å²) in [7, 11) is 1.66. The molecule has 3 nitrogen and oxygen atoms in total. The third-order valence-electron chi connectivity index (χ3n) is 4.58. The van der Waals surface area contributed by atoms with Gasteiger partial charge in [-0.3, -0.25) is 0 Å². The van der Waals surface area contributed by atoms with Crippen molar-refractivity contribution in [2.75, 3.05) is 26.7 Å². The van der Waals surface area contributed by atoms with E-state index in [4.69, 9.17) is 4.74 Å². The van der Waals surface area contributed by atoms with Crippen molar-refractivity contribution in [3.8, 4) is 5.75 Å². The summed E-state index contributed by atoms with van der Waals surface area (Å²) in [4.78, 5) is 2.39. The minimum Gasteiger partial charge on any atom is -0.496 e. The number of nitrogens with zero attached hydrogens (tertiary/aromatic N) is 1. The number of hydrogen-bond acceptors (Lipinski definition) is 3. The van der Waals surface area contributed by atoms with Crippen molar-refractivity contribution in [1.29, 1.82) is 0 Å². The Hall–Kier alpha value is -1.06. The number of rotatable bonds is 6. The van der Waals surface area contributed by atoms with Crippen molar-refractivity contribution in [1.82, 2.24) is 4.90 Å². The van der Waals surface area contributed by atoms with E-state index < -0.39 is 6.10 Å². The maximum atomic E-state index is 10.6. The summed E-state index contributed by atoms with van der Waals surface area (Å²) in [5.41, 5.74) is 2.07. The molecule has 0 aromatic heterocycles. The quantitative estimate of drug-likeness (QED) is 0.870. The zero-order chi connectivity index (χ0) is 15.2. The van der Waals surface area contributed by atoms with Crippen molar-refractivity contribution in [2.45, 2.75) is 45.6 Å². The summed E-state index contributed by atoms with van der Waals surface area (Å²) in [5, 5.41) is 10.6. The highest BCUT2D eigenvalue weighted by molar-refractivity contribution is 5.38. The van der Waals surface area contributed by atoms with E-state index in [-0.39, 0.29) is 0 Å². The molecule has 1 aromatic carbocycles. The summed E-state index contributed by atoms with van der Waals surface area (Å²) in [6.07, 6.45) is 4.70. The fraction of sp³-hybridized carbons (Fsp3) is 0.667. The van der Waals surface area contributed by atoms with Crippen LogP contribution in [-0.4, -0.2) is 36.8 Å². The summed E-state index contributed by atoms with van der Waals surface area (Å²) < 4.78 is 5.38. The Morgan fingerprint density at radius 2 is 2.05 bits per heavy atom. The number of ether oxygens (including phenoxy) is 1. The molecule has 0 amide bonds. The summed E-state index contributed by atoms with van der Waals surface area (Å²) in [6.45, 7) is 7.23. The second kappa shape index (κ2) is 7.81. The number of aliphatic hydroxyl groups excluding tert-OH is 1. The van der Waals surface area contributed by atoms with Crippen LogP contribution in [0.5, 0.6) is 5.75 Å². The van der Waals surface area contributed by atoms with Gasteiger partial charge in [0, 0.05) is 12.1 Å². The highest BCUT2D eigenvalue weighted by atomic mass is 16.5. The lowest BCUT2D eigenvalue weighted by Gasteiger charge is -2.33. The molecule has 1 aliphatic rings. The molecule has 1 fully saturated rings. The van der Waals surface area contributed by atoms with Gasteiger partial charge in [0.2, 0.25) is 0 Å². The van der Waals surface area contributed by atoms with Crippen LogP contribution in [0.25, 0.3) is 0 Å². The third kappa shape index (κ3) is 4.45. The molecule has 0 radical (unpaired) electrons. The largest absolute Gasteiger partial charge is 0.496 e. The standard InChI is InChI=1S/C18H29NO2/c1-4-5-15-8-10-19(11-9-15)13-17(20)16-12-14(2)6-7-18(16)21-3/h6-7,12,15,17,20H,4-5,8-11,13H2,1-3H3. The highest BCUT2D eigenvalue weighted by Gasteiger charge is 2.22. The summed E-state index contributed by atoms with van der Waals surface area (Å²) in [6, 6.07) is 6.00. The van der Waals surface area contributed by atoms with Gasteiger partial charge in [-0.25, -0.2) is 0 Å². The minimum absolute atomic E-state index is 0.470. The van der Waals surface area contributed by atoms with E-state index in [9.17, 15) is 5.11 Å². The van der Waals surface area contributed by atoms with E-state index in [1.54, 1.807) is 7.11 Å². The van der Waals surface area contributed by atoms with Crippen LogP contribution in [0.15, 0.2) is 18.2 Å². The van der Waals surface area contributed by atoms with Crippen LogP contribution in [0.4, 0.5) is 0 Å². The van der Waals surface area contributed by atoms with E-state index in [0.29, 0.717) is 6.54 Å². The van der Waals surface area contributed by atoms with Gasteiger partial charge in [0.15, 0.2) is 0 Å². The maximum Gasteiger partial charge on any atom is 0.124 e. The number of aryl methyl sites for hydroxylation is 1. The zero-order valence-electron chi connectivity index (χ0n) is 13.6. The Morgan fingerprint density at radius 3 is 2.67 bits per heavy atom. The first-order chi connectivity index (χ1) is 10.1. The predicted molar refractivity (Wildman–Crippen MR) is 86.8 cm³/mol. The van der Waals surface area contributed by atoms with Crippen LogP contribution in [0.3, 0.4) is 0 Å². The molecule has 1 N–H and O–H groups in total. The van der Waals surface area contributed by atoms with E-state index in [2.05, 4.69) is 11.8 Å². The molecule has 1 aromatic rings. The zero-order valence-corrected chi connectivity index (χ0v) is 13.6. The van der Waals surface area contributed by atoms with Crippen molar-refractivity contribution < 1.29 is 9.84 Å². The van der Waals surface area contributed by atoms with Crippen LogP contribution < -0.4 is 4.74 Å². The number of benzene rings is 1. The van der Waals surface area contributed by atoms with Crippen molar-refractivity contribution in [2.24, 2.45) is 5.92 Å². The monoisotopic (exact) mass is 291 g/mol. The molecule has 0 aliphatic carbocycles. The fourth-order valence-electron chi connectivity index (χ4n) is 3.32. The van der Waals surface area contributed by atoms with E-state index in [0.717, 1.165) is 35.9 Å². The van der Waals surface area contributed by atoms with Gasteiger partial charge in [-0.2, -0.15) is 0 Å². The minimum atomic E-state index is -0.470. The molecular formula is C18H29NO2. The molecule has 0 spiro atoms. The van der Waals surface area contributed by atoms with Crippen LogP contribution in [0, 0.1) is 12.8 Å². The SMILES string of the molecule is CCCC1CCN(CC(O)c2cc(C)ccc2OC)CC1. The highest BCUT2D eigenvalue weighted by Crippen LogP contribution is 2.28. The average Bonchev–Trinajstić information content (AvgIpc) is 2.49. The fourth-order valence-corrected chi connectivity index (χ4v) is 3.32. The van der Waals surface area contributed by atoms with Gasteiger partial charge in [-0.15, -0.1) is 0 Å². The first-order valence-electron chi connectivity index (χ1n) is 8.19. The maximum absolute atomic E-state index is 10.6. The van der Waals surface area contributed by atoms with E-state index >= 15 is 0 Å². The smallest absolute Gasteiger partial charge is 0.124 e. The molecule has 1 saturated heterocycles. The van der Waals surface area contributed by atoms with E-state index in [1.165, 1.54) is 25.7 Å². The van der Waals surface area contributed by atoms with Crippen LogP contribution >= 0.6 is 0 Å². The number of likely N-dealkylation sites (tertiary alicyclic amines) is 1. The lowest BCUT2D eigenvalue weighted by atomic mass is 9.92. The number of aliphatic hydroxyl groups is 1. The molecule has 1 atom stereocenters. The Morgan fingerprint density at radius 1 is 1.33 bits per heavy atom. The molecule has 1 heterocycles. The van der Waals surface area contributed by atoms with Crippen molar-refractivity contribution in [3.63, 3.8) is 0 Å². The van der Waals surface area contributed by atoms with Crippen LogP contribution in [0.1, 0.15) is 49.8 Å². The van der Waals surface area contributed by atoms with E-state index in [1.807, 2.05) is 25.1 Å². The van der Waals surface area contributed by atoms with Gasteiger partial charge in [0.05, 0.1) is 13.2 Å². The van der Waals surface area contributed by atoms with Gasteiger partial charge in [0.1, 0.15) is 5.75 Å². The van der Waals surface area contributed by atoms with Gasteiger partial charge in [0.25, 0.3) is 0 Å². The molecule has 0 saturated carbocycles. The first-order valence-corrected chi connectivity index (χ1v) is 8.19. The second-order valence-corrected chi connectivity index (χ2v) is 6.29. The van der Waals surface area contributed by atoms with Crippen molar-refractivity contribution in [3.05, 3.63) is 29.3 Å². The molecule has 118 valence electrons. The van der Waals surface area contributed by atoms with Gasteiger partial charge < -0.3 is 14.7 Å². The van der Waals surface area contributed by atoms with Gasteiger partial charge in [-0.1, -0.05) is 31.4 Å². The number of methoxy groups -OCH3 is 1. The molecule has 1 unspecified atom stereocenters. The lowest BCUT2D eigenvalue weighted by Crippen LogP contribution is -2.36. The Kier molecular flexibility index (Phi) is 6.07. The molecule has 21 heavy (non-hydrogen) atoms. The number of hydrogen-bond donors (Lipinski definition) is 1. The second-order valence-electron chi connectivity index (χ2n) is 6.29.